The lowest BCUT2D eigenvalue weighted by Crippen LogP contribution is -2.29. The summed E-state index contributed by atoms with van der Waals surface area (Å²) in [6.45, 7) is 4.41. The third-order valence-corrected chi connectivity index (χ3v) is 2.95. The Hall–Kier alpha value is -0.890. The van der Waals surface area contributed by atoms with Crippen LogP contribution in [0.15, 0.2) is 18.2 Å². The van der Waals surface area contributed by atoms with Crippen LogP contribution in [0, 0.1) is 11.2 Å². The normalized spacial score (nSPS) is 24.4. The molecule has 0 fully saturated rings. The van der Waals surface area contributed by atoms with Gasteiger partial charge in [-0.3, -0.25) is 0 Å². The average molecular weight is 193 g/mol. The molecule has 1 aromatic rings. The third kappa shape index (κ3) is 1.67. The first-order valence-electron chi connectivity index (χ1n) is 5.02. The van der Waals surface area contributed by atoms with Crippen molar-refractivity contribution in [3.8, 4) is 0 Å². The number of halogens is 1. The lowest BCUT2D eigenvalue weighted by atomic mass is 9.72. The minimum Gasteiger partial charge on any atom is -0.324 e. The number of fused-ring (bicyclic) bond motifs is 1. The van der Waals surface area contributed by atoms with Crippen molar-refractivity contribution in [1.29, 1.82) is 0 Å². The summed E-state index contributed by atoms with van der Waals surface area (Å²) in [4.78, 5) is 0. The van der Waals surface area contributed by atoms with Crippen LogP contribution in [0.3, 0.4) is 0 Å². The van der Waals surface area contributed by atoms with Crippen LogP contribution in [0.2, 0.25) is 0 Å². The Labute approximate surface area is 84.1 Å². The Morgan fingerprint density at radius 1 is 1.43 bits per heavy atom. The Morgan fingerprint density at radius 3 is 2.86 bits per heavy atom. The van der Waals surface area contributed by atoms with E-state index in [-0.39, 0.29) is 17.3 Å². The molecule has 0 spiro atoms. The third-order valence-electron chi connectivity index (χ3n) is 2.95. The van der Waals surface area contributed by atoms with Crippen LogP contribution >= 0.6 is 0 Å². The topological polar surface area (TPSA) is 26.0 Å². The van der Waals surface area contributed by atoms with Gasteiger partial charge in [0.15, 0.2) is 0 Å². The van der Waals surface area contributed by atoms with Crippen LogP contribution in [0.5, 0.6) is 0 Å². The number of benzene rings is 1. The molecule has 0 bridgehead atoms. The summed E-state index contributed by atoms with van der Waals surface area (Å²) in [6, 6.07) is 4.96. The van der Waals surface area contributed by atoms with Gasteiger partial charge in [0.05, 0.1) is 0 Å². The molecule has 0 saturated carbocycles. The molecule has 2 heteroatoms. The molecule has 0 saturated heterocycles. The molecule has 76 valence electrons. The first-order valence-corrected chi connectivity index (χ1v) is 5.02. The second kappa shape index (κ2) is 3.06. The van der Waals surface area contributed by atoms with Crippen LogP contribution in [-0.4, -0.2) is 0 Å². The molecule has 0 heterocycles. The van der Waals surface area contributed by atoms with Crippen molar-refractivity contribution in [3.63, 3.8) is 0 Å². The zero-order chi connectivity index (χ0) is 10.3. The van der Waals surface area contributed by atoms with Gasteiger partial charge in [0.25, 0.3) is 0 Å². The van der Waals surface area contributed by atoms with Crippen molar-refractivity contribution in [1.82, 2.24) is 0 Å². The minimum absolute atomic E-state index is 0.00977. The highest BCUT2D eigenvalue weighted by Gasteiger charge is 2.30. The summed E-state index contributed by atoms with van der Waals surface area (Å²) in [5.74, 6) is -0.182. The van der Waals surface area contributed by atoms with Crippen LogP contribution in [0.25, 0.3) is 0 Å². The van der Waals surface area contributed by atoms with Crippen molar-refractivity contribution >= 4 is 0 Å². The molecular formula is C12H16FN. The minimum atomic E-state index is -0.182. The van der Waals surface area contributed by atoms with E-state index in [2.05, 4.69) is 13.8 Å². The number of hydrogen-bond acceptors (Lipinski definition) is 1. The van der Waals surface area contributed by atoms with E-state index >= 15 is 0 Å². The highest BCUT2D eigenvalue weighted by Crippen LogP contribution is 2.39. The van der Waals surface area contributed by atoms with Crippen LogP contribution in [0.1, 0.15) is 37.4 Å². The van der Waals surface area contributed by atoms with Gasteiger partial charge in [-0.05, 0) is 41.5 Å². The van der Waals surface area contributed by atoms with E-state index in [1.54, 1.807) is 6.07 Å². The molecule has 1 nitrogen and oxygen atoms in total. The quantitative estimate of drug-likeness (QED) is 0.673. The zero-order valence-corrected chi connectivity index (χ0v) is 8.68. The van der Waals surface area contributed by atoms with E-state index in [1.807, 2.05) is 6.07 Å². The second-order valence-corrected chi connectivity index (χ2v) is 4.99. The fourth-order valence-corrected chi connectivity index (χ4v) is 2.36. The van der Waals surface area contributed by atoms with E-state index in [9.17, 15) is 4.39 Å². The van der Waals surface area contributed by atoms with Crippen molar-refractivity contribution in [2.45, 2.75) is 32.7 Å². The summed E-state index contributed by atoms with van der Waals surface area (Å²) >= 11 is 0. The van der Waals surface area contributed by atoms with Gasteiger partial charge in [-0.15, -0.1) is 0 Å². The predicted molar refractivity (Wildman–Crippen MR) is 55.4 cm³/mol. The molecule has 1 atom stereocenters. The number of nitrogens with two attached hydrogens (primary N) is 1. The lowest BCUT2D eigenvalue weighted by molar-refractivity contribution is 0.282. The van der Waals surface area contributed by atoms with Crippen molar-refractivity contribution in [3.05, 3.63) is 35.1 Å². The van der Waals surface area contributed by atoms with Crippen LogP contribution < -0.4 is 5.73 Å². The highest BCUT2D eigenvalue weighted by molar-refractivity contribution is 5.34. The van der Waals surface area contributed by atoms with Gasteiger partial charge in [-0.2, -0.15) is 0 Å². The monoisotopic (exact) mass is 193 g/mol. The Kier molecular flexibility index (Phi) is 2.11. The molecule has 14 heavy (non-hydrogen) atoms. The second-order valence-electron chi connectivity index (χ2n) is 4.99. The fraction of sp³-hybridized carbons (Fsp3) is 0.500. The van der Waals surface area contributed by atoms with E-state index in [0.29, 0.717) is 0 Å². The Bertz CT molecular complexity index is 357. The number of rotatable bonds is 0. The zero-order valence-electron chi connectivity index (χ0n) is 8.68. The molecule has 2 rings (SSSR count). The lowest BCUT2D eigenvalue weighted by Gasteiger charge is -2.35. The first kappa shape index (κ1) is 9.66. The smallest absolute Gasteiger partial charge is 0.123 e. The van der Waals surface area contributed by atoms with E-state index in [0.717, 1.165) is 18.4 Å². The molecule has 2 N–H and O–H groups in total. The molecule has 1 unspecified atom stereocenters. The first-order chi connectivity index (χ1) is 6.48. The SMILES string of the molecule is CC1(C)Cc2ccc(F)cc2C(N)C1. The van der Waals surface area contributed by atoms with E-state index < -0.39 is 0 Å². The summed E-state index contributed by atoms with van der Waals surface area (Å²) in [5, 5.41) is 0. The molecule has 1 aliphatic rings. The van der Waals surface area contributed by atoms with Gasteiger partial charge in [0, 0.05) is 6.04 Å². The van der Waals surface area contributed by atoms with E-state index in [1.165, 1.54) is 11.6 Å². The van der Waals surface area contributed by atoms with Gasteiger partial charge in [0.1, 0.15) is 5.82 Å². The summed E-state index contributed by atoms with van der Waals surface area (Å²) < 4.78 is 13.0. The summed E-state index contributed by atoms with van der Waals surface area (Å²) in [6.07, 6.45) is 1.93. The van der Waals surface area contributed by atoms with Crippen molar-refractivity contribution < 1.29 is 4.39 Å². The molecule has 0 radical (unpaired) electrons. The van der Waals surface area contributed by atoms with Gasteiger partial charge < -0.3 is 5.73 Å². The van der Waals surface area contributed by atoms with Crippen molar-refractivity contribution in [2.24, 2.45) is 11.1 Å². The maximum absolute atomic E-state index is 13.0. The van der Waals surface area contributed by atoms with Gasteiger partial charge >= 0.3 is 0 Å². The van der Waals surface area contributed by atoms with Crippen LogP contribution in [-0.2, 0) is 6.42 Å². The average Bonchev–Trinajstić information content (AvgIpc) is 2.05. The van der Waals surface area contributed by atoms with Crippen molar-refractivity contribution in [2.75, 3.05) is 0 Å². The van der Waals surface area contributed by atoms with E-state index in [4.69, 9.17) is 5.73 Å². The number of hydrogen-bond donors (Lipinski definition) is 1. The predicted octanol–water partition coefficient (Wildman–Crippen LogP) is 2.80. The van der Waals surface area contributed by atoms with Gasteiger partial charge in [0.2, 0.25) is 0 Å². The molecule has 0 aliphatic heterocycles. The molecule has 1 aromatic carbocycles. The standard InChI is InChI=1S/C12H16FN/c1-12(2)6-8-3-4-9(13)5-10(8)11(14)7-12/h3-5,11H,6-7,14H2,1-2H3. The Morgan fingerprint density at radius 2 is 2.14 bits per heavy atom. The Balaban J connectivity index is 2.45. The largest absolute Gasteiger partial charge is 0.324 e. The van der Waals surface area contributed by atoms with Gasteiger partial charge in [-0.1, -0.05) is 19.9 Å². The molecule has 0 amide bonds. The molecule has 0 aromatic heterocycles. The van der Waals surface area contributed by atoms with Gasteiger partial charge in [-0.25, -0.2) is 4.39 Å². The molecule has 1 aliphatic carbocycles. The highest BCUT2D eigenvalue weighted by atomic mass is 19.1. The molecular weight excluding hydrogens is 177 g/mol. The maximum atomic E-state index is 13.0. The maximum Gasteiger partial charge on any atom is 0.123 e. The summed E-state index contributed by atoms with van der Waals surface area (Å²) in [5.41, 5.74) is 8.46. The summed E-state index contributed by atoms with van der Waals surface area (Å²) in [7, 11) is 0. The van der Waals surface area contributed by atoms with Crippen LogP contribution in [0.4, 0.5) is 4.39 Å². The fourth-order valence-electron chi connectivity index (χ4n) is 2.36.